The predicted octanol–water partition coefficient (Wildman–Crippen LogP) is 2.52. The predicted molar refractivity (Wildman–Crippen MR) is 92.7 cm³/mol. The molecular formula is C17H13N7O. The highest BCUT2D eigenvalue weighted by molar-refractivity contribution is 6.03. The van der Waals surface area contributed by atoms with Crippen molar-refractivity contribution in [3.63, 3.8) is 0 Å². The fourth-order valence-corrected chi connectivity index (χ4v) is 2.30. The Kier molecular flexibility index (Phi) is 3.76. The molecule has 8 nitrogen and oxygen atoms in total. The third kappa shape index (κ3) is 3.13. The molecule has 0 spiro atoms. The number of rotatable bonds is 4. The molecule has 0 unspecified atom stereocenters. The Hall–Kier alpha value is -3.81. The van der Waals surface area contributed by atoms with Gasteiger partial charge in [0.15, 0.2) is 5.65 Å². The average Bonchev–Trinajstić information content (AvgIpc) is 3.14. The van der Waals surface area contributed by atoms with Gasteiger partial charge in [-0.1, -0.05) is 18.2 Å². The highest BCUT2D eigenvalue weighted by Crippen LogP contribution is 2.16. The second kappa shape index (κ2) is 6.36. The van der Waals surface area contributed by atoms with Gasteiger partial charge in [-0.05, 0) is 18.2 Å². The van der Waals surface area contributed by atoms with Crippen LogP contribution >= 0.6 is 0 Å². The van der Waals surface area contributed by atoms with Crippen molar-refractivity contribution in [2.45, 2.75) is 0 Å². The Bertz CT molecular complexity index is 1010. The molecule has 0 radical (unpaired) electrons. The van der Waals surface area contributed by atoms with Gasteiger partial charge in [0.05, 0.1) is 24.3 Å². The molecule has 4 aromatic rings. The number of nitrogens with zero attached hydrogens (tertiary/aromatic N) is 5. The second-order valence-electron chi connectivity index (χ2n) is 5.17. The van der Waals surface area contributed by atoms with Crippen LogP contribution in [0, 0.1) is 0 Å². The van der Waals surface area contributed by atoms with Crippen molar-refractivity contribution in [1.29, 1.82) is 0 Å². The number of hydrogen-bond donors (Lipinski definition) is 2. The molecule has 1 aromatic carbocycles. The number of anilines is 3. The first-order valence-corrected chi connectivity index (χ1v) is 7.54. The molecule has 0 saturated carbocycles. The standard InChI is InChI=1S/C17H13N7O/c25-16(12-4-2-1-3-5-12)23-17-19-10-13(11-20-17)22-15-6-8-18-14-7-9-21-24(14)15/h1-11,22H,(H,19,20,23,25). The molecule has 0 aliphatic heterocycles. The first-order chi connectivity index (χ1) is 12.3. The Labute approximate surface area is 142 Å². The third-order valence-electron chi connectivity index (χ3n) is 3.48. The topological polar surface area (TPSA) is 97.1 Å². The van der Waals surface area contributed by atoms with Gasteiger partial charge in [0, 0.05) is 17.8 Å². The number of aromatic nitrogens is 5. The minimum Gasteiger partial charge on any atom is -0.338 e. The van der Waals surface area contributed by atoms with E-state index in [0.29, 0.717) is 11.3 Å². The van der Waals surface area contributed by atoms with Crippen molar-refractivity contribution in [1.82, 2.24) is 24.6 Å². The lowest BCUT2D eigenvalue weighted by Gasteiger charge is -2.08. The number of fused-ring (bicyclic) bond motifs is 1. The van der Waals surface area contributed by atoms with Crippen molar-refractivity contribution < 1.29 is 4.79 Å². The van der Waals surface area contributed by atoms with Crippen LogP contribution in [0.2, 0.25) is 0 Å². The molecule has 3 heterocycles. The molecule has 122 valence electrons. The summed E-state index contributed by atoms with van der Waals surface area (Å²) in [6.45, 7) is 0. The van der Waals surface area contributed by atoms with E-state index >= 15 is 0 Å². The number of hydrogen-bond acceptors (Lipinski definition) is 6. The molecule has 1 amide bonds. The number of amides is 1. The SMILES string of the molecule is O=C(Nc1ncc(Nc2ccnc3ccnn23)cn1)c1ccccc1. The van der Waals surface area contributed by atoms with E-state index in [1.807, 2.05) is 12.1 Å². The monoisotopic (exact) mass is 331 g/mol. The third-order valence-corrected chi connectivity index (χ3v) is 3.48. The van der Waals surface area contributed by atoms with Crippen molar-refractivity contribution in [3.05, 3.63) is 72.8 Å². The number of carbonyl (C=O) groups is 1. The van der Waals surface area contributed by atoms with Crippen molar-refractivity contribution in [3.8, 4) is 0 Å². The summed E-state index contributed by atoms with van der Waals surface area (Å²) in [4.78, 5) is 24.6. The summed E-state index contributed by atoms with van der Waals surface area (Å²) in [6.07, 6.45) is 6.54. The summed E-state index contributed by atoms with van der Waals surface area (Å²) in [5, 5.41) is 10.0. The maximum Gasteiger partial charge on any atom is 0.258 e. The summed E-state index contributed by atoms with van der Waals surface area (Å²) < 4.78 is 1.67. The van der Waals surface area contributed by atoms with Gasteiger partial charge in [0.2, 0.25) is 5.95 Å². The number of carbonyl (C=O) groups excluding carboxylic acids is 1. The van der Waals surface area contributed by atoms with Gasteiger partial charge in [0.1, 0.15) is 5.82 Å². The van der Waals surface area contributed by atoms with Crippen LogP contribution in [0.5, 0.6) is 0 Å². The minimum atomic E-state index is -0.256. The molecule has 0 aliphatic rings. The Balaban J connectivity index is 1.49. The van der Waals surface area contributed by atoms with Gasteiger partial charge in [-0.25, -0.2) is 15.0 Å². The van der Waals surface area contributed by atoms with E-state index < -0.39 is 0 Å². The molecular weight excluding hydrogens is 318 g/mol. The van der Waals surface area contributed by atoms with Gasteiger partial charge in [-0.15, -0.1) is 0 Å². The second-order valence-corrected chi connectivity index (χ2v) is 5.17. The van der Waals surface area contributed by atoms with Gasteiger partial charge in [0.25, 0.3) is 5.91 Å². The number of benzene rings is 1. The largest absolute Gasteiger partial charge is 0.338 e. The highest BCUT2D eigenvalue weighted by atomic mass is 16.1. The minimum absolute atomic E-state index is 0.235. The molecule has 4 rings (SSSR count). The molecule has 0 saturated heterocycles. The Morgan fingerprint density at radius 3 is 2.52 bits per heavy atom. The number of nitrogens with one attached hydrogen (secondary N) is 2. The van der Waals surface area contributed by atoms with Gasteiger partial charge >= 0.3 is 0 Å². The van der Waals surface area contributed by atoms with E-state index in [2.05, 4.69) is 30.7 Å². The van der Waals surface area contributed by atoms with Crippen molar-refractivity contribution >= 4 is 29.0 Å². The van der Waals surface area contributed by atoms with Gasteiger partial charge < -0.3 is 5.32 Å². The smallest absolute Gasteiger partial charge is 0.258 e. The molecule has 8 heteroatoms. The Morgan fingerprint density at radius 2 is 1.72 bits per heavy atom. The molecule has 25 heavy (non-hydrogen) atoms. The van der Waals surface area contributed by atoms with Crippen LogP contribution in [-0.4, -0.2) is 30.5 Å². The van der Waals surface area contributed by atoms with Crippen LogP contribution in [0.4, 0.5) is 17.5 Å². The first kappa shape index (κ1) is 14.8. The summed E-state index contributed by atoms with van der Waals surface area (Å²) in [6, 6.07) is 12.5. The van der Waals surface area contributed by atoms with Crippen LogP contribution in [0.25, 0.3) is 5.65 Å². The normalized spacial score (nSPS) is 10.6. The fourth-order valence-electron chi connectivity index (χ4n) is 2.30. The zero-order valence-electron chi connectivity index (χ0n) is 13.0. The van der Waals surface area contributed by atoms with E-state index in [0.717, 1.165) is 11.5 Å². The van der Waals surface area contributed by atoms with Crippen LogP contribution in [0.1, 0.15) is 10.4 Å². The zero-order chi connectivity index (χ0) is 17.1. The van der Waals surface area contributed by atoms with E-state index in [9.17, 15) is 4.79 Å². The van der Waals surface area contributed by atoms with Crippen LogP contribution in [0.3, 0.4) is 0 Å². The molecule has 3 aromatic heterocycles. The fraction of sp³-hybridized carbons (Fsp3) is 0. The average molecular weight is 331 g/mol. The van der Waals surface area contributed by atoms with Crippen LogP contribution < -0.4 is 10.6 Å². The van der Waals surface area contributed by atoms with E-state index in [4.69, 9.17) is 0 Å². The quantitative estimate of drug-likeness (QED) is 0.596. The molecule has 0 fully saturated rings. The van der Waals surface area contributed by atoms with Crippen molar-refractivity contribution in [2.24, 2.45) is 0 Å². The van der Waals surface area contributed by atoms with Crippen LogP contribution in [-0.2, 0) is 0 Å². The molecule has 0 bridgehead atoms. The van der Waals surface area contributed by atoms with Crippen molar-refractivity contribution in [2.75, 3.05) is 10.6 Å². The highest BCUT2D eigenvalue weighted by Gasteiger charge is 2.07. The maximum absolute atomic E-state index is 12.1. The summed E-state index contributed by atoms with van der Waals surface area (Å²) in [7, 11) is 0. The lowest BCUT2D eigenvalue weighted by atomic mass is 10.2. The molecule has 2 N–H and O–H groups in total. The molecule has 0 atom stereocenters. The van der Waals surface area contributed by atoms with Gasteiger partial charge in [-0.2, -0.15) is 9.61 Å². The van der Waals surface area contributed by atoms with E-state index in [1.165, 1.54) is 0 Å². The summed E-state index contributed by atoms with van der Waals surface area (Å²) in [5.41, 5.74) is 1.95. The van der Waals surface area contributed by atoms with E-state index in [-0.39, 0.29) is 11.9 Å². The maximum atomic E-state index is 12.1. The van der Waals surface area contributed by atoms with Gasteiger partial charge in [-0.3, -0.25) is 10.1 Å². The molecule has 0 aliphatic carbocycles. The summed E-state index contributed by atoms with van der Waals surface area (Å²) >= 11 is 0. The lowest BCUT2D eigenvalue weighted by molar-refractivity contribution is 0.102. The Morgan fingerprint density at radius 1 is 0.920 bits per heavy atom. The zero-order valence-corrected chi connectivity index (χ0v) is 13.0. The lowest BCUT2D eigenvalue weighted by Crippen LogP contribution is -2.14. The first-order valence-electron chi connectivity index (χ1n) is 7.54. The summed E-state index contributed by atoms with van der Waals surface area (Å²) in [5.74, 6) is 0.715. The van der Waals surface area contributed by atoms with Crippen LogP contribution in [0.15, 0.2) is 67.3 Å². The van der Waals surface area contributed by atoms with E-state index in [1.54, 1.807) is 59.6 Å².